The number of rotatable bonds is 5. The molecule has 4 rings (SSSR count). The van der Waals surface area contributed by atoms with E-state index in [9.17, 15) is 4.79 Å². The summed E-state index contributed by atoms with van der Waals surface area (Å²) in [4.78, 5) is 20.4. The molecule has 0 aliphatic carbocycles. The number of nitrogens with zero attached hydrogens (tertiary/aromatic N) is 1. The second kappa shape index (κ2) is 7.46. The van der Waals surface area contributed by atoms with Crippen molar-refractivity contribution in [2.24, 2.45) is 0 Å². The van der Waals surface area contributed by atoms with E-state index < -0.39 is 0 Å². The van der Waals surface area contributed by atoms with E-state index in [0.717, 1.165) is 41.0 Å². The van der Waals surface area contributed by atoms with Crippen LogP contribution in [-0.2, 0) is 12.8 Å². The maximum atomic E-state index is 12.4. The first-order valence-corrected chi connectivity index (χ1v) is 9.08. The number of carbonyl (C=O) groups is 1. The van der Waals surface area contributed by atoms with Crippen LogP contribution in [0.15, 0.2) is 72.8 Å². The minimum atomic E-state index is -0.113. The molecule has 1 amide bonds. The van der Waals surface area contributed by atoms with Gasteiger partial charge in [0.2, 0.25) is 0 Å². The third kappa shape index (κ3) is 4.06. The first kappa shape index (κ1) is 17.0. The van der Waals surface area contributed by atoms with E-state index in [0.29, 0.717) is 5.56 Å². The van der Waals surface area contributed by atoms with Crippen molar-refractivity contribution in [3.63, 3.8) is 0 Å². The first-order chi connectivity index (χ1) is 13.2. The molecule has 0 saturated carbocycles. The summed E-state index contributed by atoms with van der Waals surface area (Å²) < 4.78 is 0. The van der Waals surface area contributed by atoms with Crippen molar-refractivity contribution >= 4 is 22.6 Å². The summed E-state index contributed by atoms with van der Waals surface area (Å²) in [7, 11) is 0. The number of nitrogens with one attached hydrogen (secondary N) is 2. The van der Waals surface area contributed by atoms with Gasteiger partial charge in [-0.1, -0.05) is 48.0 Å². The third-order valence-electron chi connectivity index (χ3n) is 4.60. The Labute approximate surface area is 158 Å². The summed E-state index contributed by atoms with van der Waals surface area (Å²) in [5, 5.41) is 2.95. The van der Waals surface area contributed by atoms with Crippen molar-refractivity contribution in [2.45, 2.75) is 19.8 Å². The van der Waals surface area contributed by atoms with Crippen molar-refractivity contribution in [3.05, 3.63) is 95.3 Å². The molecule has 2 N–H and O–H groups in total. The highest BCUT2D eigenvalue weighted by Crippen LogP contribution is 2.19. The number of aromatic amines is 1. The van der Waals surface area contributed by atoms with Crippen LogP contribution in [0.3, 0.4) is 0 Å². The van der Waals surface area contributed by atoms with Gasteiger partial charge in [-0.3, -0.25) is 4.79 Å². The van der Waals surface area contributed by atoms with Crippen molar-refractivity contribution < 1.29 is 4.79 Å². The Morgan fingerprint density at radius 3 is 2.52 bits per heavy atom. The van der Waals surface area contributed by atoms with Gasteiger partial charge in [0.15, 0.2) is 0 Å². The number of amides is 1. The lowest BCUT2D eigenvalue weighted by atomic mass is 10.1. The molecule has 0 saturated heterocycles. The molecule has 4 nitrogen and oxygen atoms in total. The standard InChI is InChI=1S/C23H21N3O/c1-16-7-10-18(11-8-16)23(27)24-19-12-13-20-21(15-19)26-22(25-20)14-9-17-5-3-2-4-6-17/h2-8,10-13,15H,9,14H2,1H3,(H,24,27)(H,25,26). The van der Waals surface area contributed by atoms with Crippen molar-refractivity contribution in [1.29, 1.82) is 0 Å². The third-order valence-corrected chi connectivity index (χ3v) is 4.60. The van der Waals surface area contributed by atoms with Crippen LogP contribution >= 0.6 is 0 Å². The van der Waals surface area contributed by atoms with Crippen LogP contribution < -0.4 is 5.32 Å². The fourth-order valence-corrected chi connectivity index (χ4v) is 3.07. The molecule has 1 aromatic heterocycles. The van der Waals surface area contributed by atoms with Crippen LogP contribution in [0.5, 0.6) is 0 Å². The number of hydrogen-bond donors (Lipinski definition) is 2. The van der Waals surface area contributed by atoms with E-state index in [1.54, 1.807) is 0 Å². The van der Waals surface area contributed by atoms with E-state index in [2.05, 4.69) is 39.6 Å². The Morgan fingerprint density at radius 1 is 0.963 bits per heavy atom. The summed E-state index contributed by atoms with van der Waals surface area (Å²) in [6, 6.07) is 23.7. The van der Waals surface area contributed by atoms with E-state index in [1.165, 1.54) is 5.56 Å². The largest absolute Gasteiger partial charge is 0.342 e. The van der Waals surface area contributed by atoms with Crippen molar-refractivity contribution in [2.75, 3.05) is 5.32 Å². The molecule has 3 aromatic carbocycles. The maximum absolute atomic E-state index is 12.4. The van der Waals surface area contributed by atoms with Crippen LogP contribution in [0, 0.1) is 6.92 Å². The molecule has 1 heterocycles. The Hall–Kier alpha value is -3.40. The highest BCUT2D eigenvalue weighted by atomic mass is 16.1. The molecule has 0 radical (unpaired) electrons. The predicted octanol–water partition coefficient (Wildman–Crippen LogP) is 4.91. The molecular formula is C23H21N3O. The SMILES string of the molecule is Cc1ccc(C(=O)Nc2ccc3nc(CCc4ccccc4)[nH]c3c2)cc1. The molecule has 134 valence electrons. The molecule has 0 spiro atoms. The van der Waals surface area contributed by atoms with Crippen LogP contribution in [0.2, 0.25) is 0 Å². The fraction of sp³-hybridized carbons (Fsp3) is 0.130. The van der Waals surface area contributed by atoms with Gasteiger partial charge in [0, 0.05) is 17.7 Å². The first-order valence-electron chi connectivity index (χ1n) is 9.08. The highest BCUT2D eigenvalue weighted by Gasteiger charge is 2.08. The Kier molecular flexibility index (Phi) is 4.71. The minimum Gasteiger partial charge on any atom is -0.342 e. The zero-order valence-corrected chi connectivity index (χ0v) is 15.2. The maximum Gasteiger partial charge on any atom is 0.255 e. The summed E-state index contributed by atoms with van der Waals surface area (Å²) in [5.74, 6) is 0.842. The fourth-order valence-electron chi connectivity index (χ4n) is 3.07. The van der Waals surface area contributed by atoms with Gasteiger partial charge in [0.25, 0.3) is 5.91 Å². The molecule has 27 heavy (non-hydrogen) atoms. The van der Waals surface area contributed by atoms with Crippen LogP contribution in [0.1, 0.15) is 27.3 Å². The number of aromatic nitrogens is 2. The van der Waals surface area contributed by atoms with Gasteiger partial charge in [-0.05, 0) is 49.2 Å². The lowest BCUT2D eigenvalue weighted by Crippen LogP contribution is -2.11. The molecule has 0 aliphatic heterocycles. The molecular weight excluding hydrogens is 334 g/mol. The summed E-state index contributed by atoms with van der Waals surface area (Å²) >= 11 is 0. The lowest BCUT2D eigenvalue weighted by Gasteiger charge is -2.05. The van der Waals surface area contributed by atoms with Crippen LogP contribution in [-0.4, -0.2) is 15.9 Å². The van der Waals surface area contributed by atoms with Gasteiger partial charge < -0.3 is 10.3 Å². The Bertz CT molecular complexity index is 1070. The number of imidazole rings is 1. The highest BCUT2D eigenvalue weighted by molar-refractivity contribution is 6.04. The van der Waals surface area contributed by atoms with Gasteiger partial charge in [-0.25, -0.2) is 4.98 Å². The summed E-state index contributed by atoms with van der Waals surface area (Å²) in [5.41, 5.74) is 5.67. The van der Waals surface area contributed by atoms with E-state index in [1.807, 2.05) is 55.5 Å². The molecule has 0 atom stereocenters. The number of aryl methyl sites for hydroxylation is 3. The van der Waals surface area contributed by atoms with E-state index >= 15 is 0 Å². The van der Waals surface area contributed by atoms with Gasteiger partial charge >= 0.3 is 0 Å². The quantitative estimate of drug-likeness (QED) is 0.534. The molecule has 0 fully saturated rings. The molecule has 0 unspecified atom stereocenters. The number of anilines is 1. The van der Waals surface area contributed by atoms with Crippen LogP contribution in [0.25, 0.3) is 11.0 Å². The zero-order chi connectivity index (χ0) is 18.6. The normalized spacial score (nSPS) is 10.9. The average molecular weight is 355 g/mol. The Balaban J connectivity index is 1.47. The van der Waals surface area contributed by atoms with Crippen LogP contribution in [0.4, 0.5) is 5.69 Å². The van der Waals surface area contributed by atoms with Gasteiger partial charge in [-0.15, -0.1) is 0 Å². The topological polar surface area (TPSA) is 57.8 Å². The van der Waals surface area contributed by atoms with Gasteiger partial charge in [0.05, 0.1) is 11.0 Å². The smallest absolute Gasteiger partial charge is 0.255 e. The number of fused-ring (bicyclic) bond motifs is 1. The second-order valence-electron chi connectivity index (χ2n) is 6.72. The predicted molar refractivity (Wildman–Crippen MR) is 109 cm³/mol. The second-order valence-corrected chi connectivity index (χ2v) is 6.72. The minimum absolute atomic E-state index is 0.113. The summed E-state index contributed by atoms with van der Waals surface area (Å²) in [6.45, 7) is 2.00. The zero-order valence-electron chi connectivity index (χ0n) is 15.2. The Morgan fingerprint density at radius 2 is 1.74 bits per heavy atom. The molecule has 4 heteroatoms. The molecule has 4 aromatic rings. The van der Waals surface area contributed by atoms with E-state index in [4.69, 9.17) is 0 Å². The number of hydrogen-bond acceptors (Lipinski definition) is 2. The number of benzene rings is 3. The monoisotopic (exact) mass is 355 g/mol. The van der Waals surface area contributed by atoms with Gasteiger partial charge in [-0.2, -0.15) is 0 Å². The van der Waals surface area contributed by atoms with Crippen molar-refractivity contribution in [1.82, 2.24) is 9.97 Å². The molecule has 0 aliphatic rings. The lowest BCUT2D eigenvalue weighted by molar-refractivity contribution is 0.102. The molecule has 0 bridgehead atoms. The van der Waals surface area contributed by atoms with Crippen molar-refractivity contribution in [3.8, 4) is 0 Å². The summed E-state index contributed by atoms with van der Waals surface area (Å²) in [6.07, 6.45) is 1.79. The van der Waals surface area contributed by atoms with E-state index in [-0.39, 0.29) is 5.91 Å². The number of H-pyrrole nitrogens is 1. The van der Waals surface area contributed by atoms with Gasteiger partial charge in [0.1, 0.15) is 5.82 Å². The average Bonchev–Trinajstić information content (AvgIpc) is 3.10. The number of carbonyl (C=O) groups excluding carboxylic acids is 1.